The SMILES string of the molecule is O=C(CCc1ccccc1F)NC[C@H](O)c1csc2ccccc12. The molecule has 0 fully saturated rings. The molecule has 2 N–H and O–H groups in total. The predicted octanol–water partition coefficient (Wildman–Crippen LogP) is 3.82. The normalized spacial score (nSPS) is 12.2. The first-order valence-corrected chi connectivity index (χ1v) is 8.67. The first-order chi connectivity index (χ1) is 11.6. The van der Waals surface area contributed by atoms with Crippen LogP contribution in [0.4, 0.5) is 4.39 Å². The smallest absolute Gasteiger partial charge is 0.220 e. The predicted molar refractivity (Wildman–Crippen MR) is 94.5 cm³/mol. The molecule has 0 aliphatic heterocycles. The van der Waals surface area contributed by atoms with Gasteiger partial charge in [0.2, 0.25) is 5.91 Å². The third kappa shape index (κ3) is 3.80. The van der Waals surface area contributed by atoms with Gasteiger partial charge in [-0.3, -0.25) is 4.79 Å². The van der Waals surface area contributed by atoms with Gasteiger partial charge in [-0.05, 0) is 34.9 Å². The summed E-state index contributed by atoms with van der Waals surface area (Å²) in [5.74, 6) is -0.494. The molecule has 0 aliphatic rings. The zero-order valence-corrected chi connectivity index (χ0v) is 13.9. The number of thiophene rings is 1. The number of hydrogen-bond acceptors (Lipinski definition) is 3. The first kappa shape index (κ1) is 16.6. The molecule has 0 bridgehead atoms. The van der Waals surface area contributed by atoms with Crippen molar-refractivity contribution in [3.8, 4) is 0 Å². The van der Waals surface area contributed by atoms with Crippen LogP contribution in [0.1, 0.15) is 23.7 Å². The fourth-order valence-electron chi connectivity index (χ4n) is 2.61. The molecule has 0 saturated heterocycles. The zero-order chi connectivity index (χ0) is 16.9. The van der Waals surface area contributed by atoms with Crippen molar-refractivity contribution in [1.29, 1.82) is 0 Å². The fraction of sp³-hybridized carbons (Fsp3) is 0.211. The monoisotopic (exact) mass is 343 g/mol. The van der Waals surface area contributed by atoms with E-state index in [2.05, 4.69) is 5.32 Å². The lowest BCUT2D eigenvalue weighted by Gasteiger charge is -2.11. The molecule has 1 atom stereocenters. The van der Waals surface area contributed by atoms with E-state index in [4.69, 9.17) is 0 Å². The third-order valence-corrected chi connectivity index (χ3v) is 4.92. The van der Waals surface area contributed by atoms with E-state index in [1.165, 1.54) is 6.07 Å². The Morgan fingerprint density at radius 2 is 1.92 bits per heavy atom. The molecule has 2 aromatic carbocycles. The quantitative estimate of drug-likeness (QED) is 0.715. The van der Waals surface area contributed by atoms with Gasteiger partial charge in [0.1, 0.15) is 5.82 Å². The van der Waals surface area contributed by atoms with Crippen molar-refractivity contribution in [2.45, 2.75) is 18.9 Å². The minimum Gasteiger partial charge on any atom is -0.387 e. The lowest BCUT2D eigenvalue weighted by atomic mass is 10.1. The van der Waals surface area contributed by atoms with Crippen molar-refractivity contribution in [2.75, 3.05) is 6.54 Å². The summed E-state index contributed by atoms with van der Waals surface area (Å²) in [6.45, 7) is 0.150. The van der Waals surface area contributed by atoms with Gasteiger partial charge in [-0.15, -0.1) is 11.3 Å². The summed E-state index contributed by atoms with van der Waals surface area (Å²) >= 11 is 1.57. The molecule has 0 unspecified atom stereocenters. The summed E-state index contributed by atoms with van der Waals surface area (Å²) in [7, 11) is 0. The maximum absolute atomic E-state index is 13.5. The van der Waals surface area contributed by atoms with E-state index in [0.29, 0.717) is 12.0 Å². The van der Waals surface area contributed by atoms with Crippen LogP contribution in [-0.2, 0) is 11.2 Å². The highest BCUT2D eigenvalue weighted by molar-refractivity contribution is 7.17. The average Bonchev–Trinajstić information content (AvgIpc) is 3.03. The van der Waals surface area contributed by atoms with Gasteiger partial charge in [0.05, 0.1) is 6.10 Å². The van der Waals surface area contributed by atoms with Gasteiger partial charge in [-0.25, -0.2) is 4.39 Å². The molecule has 1 amide bonds. The van der Waals surface area contributed by atoms with E-state index in [1.807, 2.05) is 29.6 Å². The van der Waals surface area contributed by atoms with E-state index in [1.54, 1.807) is 29.5 Å². The lowest BCUT2D eigenvalue weighted by Crippen LogP contribution is -2.28. The number of aryl methyl sites for hydroxylation is 1. The van der Waals surface area contributed by atoms with Crippen LogP contribution in [-0.4, -0.2) is 17.6 Å². The van der Waals surface area contributed by atoms with Crippen LogP contribution in [0.5, 0.6) is 0 Å². The fourth-order valence-corrected chi connectivity index (χ4v) is 3.62. The highest BCUT2D eigenvalue weighted by atomic mass is 32.1. The number of fused-ring (bicyclic) bond motifs is 1. The summed E-state index contributed by atoms with van der Waals surface area (Å²) in [6, 6.07) is 14.3. The minimum absolute atomic E-state index is 0.150. The van der Waals surface area contributed by atoms with Crippen molar-refractivity contribution in [2.24, 2.45) is 0 Å². The molecule has 3 rings (SSSR count). The van der Waals surface area contributed by atoms with E-state index in [-0.39, 0.29) is 24.7 Å². The van der Waals surface area contributed by atoms with Gasteiger partial charge < -0.3 is 10.4 Å². The number of halogens is 1. The minimum atomic E-state index is -0.751. The summed E-state index contributed by atoms with van der Waals surface area (Å²) in [4.78, 5) is 11.9. The molecule has 0 spiro atoms. The van der Waals surface area contributed by atoms with Gasteiger partial charge in [0.15, 0.2) is 0 Å². The second-order valence-corrected chi connectivity index (χ2v) is 6.51. The van der Waals surface area contributed by atoms with Crippen LogP contribution in [0.2, 0.25) is 0 Å². The molecule has 0 aliphatic carbocycles. The average molecular weight is 343 g/mol. The number of amides is 1. The summed E-state index contributed by atoms with van der Waals surface area (Å²) in [5.41, 5.74) is 1.35. The highest BCUT2D eigenvalue weighted by Crippen LogP contribution is 2.29. The Balaban J connectivity index is 1.53. The number of rotatable bonds is 6. The standard InChI is InChI=1S/C19H18FNO2S/c20-16-7-3-1-5-13(16)9-10-19(23)21-11-17(22)15-12-24-18-8-4-2-6-14(15)18/h1-8,12,17,22H,9-11H2,(H,21,23)/t17-/m0/s1. The molecule has 1 aromatic heterocycles. The van der Waals surface area contributed by atoms with Crippen molar-refractivity contribution >= 4 is 27.3 Å². The van der Waals surface area contributed by atoms with Crippen LogP contribution < -0.4 is 5.32 Å². The number of nitrogens with one attached hydrogen (secondary N) is 1. The second-order valence-electron chi connectivity index (χ2n) is 5.60. The van der Waals surface area contributed by atoms with Gasteiger partial charge >= 0.3 is 0 Å². The van der Waals surface area contributed by atoms with Gasteiger partial charge in [0, 0.05) is 23.2 Å². The summed E-state index contributed by atoms with van der Waals surface area (Å²) in [5, 5.41) is 16.0. The van der Waals surface area contributed by atoms with Crippen molar-refractivity contribution < 1.29 is 14.3 Å². The number of carbonyl (C=O) groups is 1. The number of hydrogen-bond donors (Lipinski definition) is 2. The van der Waals surface area contributed by atoms with Crippen LogP contribution >= 0.6 is 11.3 Å². The topological polar surface area (TPSA) is 49.3 Å². The Morgan fingerprint density at radius 3 is 2.75 bits per heavy atom. The Bertz CT molecular complexity index is 846. The molecule has 24 heavy (non-hydrogen) atoms. The molecule has 3 aromatic rings. The van der Waals surface area contributed by atoms with Crippen LogP contribution in [0.15, 0.2) is 53.9 Å². The van der Waals surface area contributed by atoms with Crippen molar-refractivity contribution in [1.82, 2.24) is 5.32 Å². The molecule has 1 heterocycles. The molecule has 0 radical (unpaired) electrons. The molecule has 124 valence electrons. The van der Waals surface area contributed by atoms with Crippen molar-refractivity contribution in [3.63, 3.8) is 0 Å². The second kappa shape index (κ2) is 7.55. The summed E-state index contributed by atoms with van der Waals surface area (Å²) < 4.78 is 14.6. The molecule has 0 saturated carbocycles. The van der Waals surface area contributed by atoms with E-state index < -0.39 is 6.10 Å². The number of aliphatic hydroxyl groups is 1. The Morgan fingerprint density at radius 1 is 1.17 bits per heavy atom. The van der Waals surface area contributed by atoms with E-state index in [9.17, 15) is 14.3 Å². The number of aliphatic hydroxyl groups excluding tert-OH is 1. The number of benzene rings is 2. The summed E-state index contributed by atoms with van der Waals surface area (Å²) in [6.07, 6.45) is -0.216. The maximum Gasteiger partial charge on any atom is 0.220 e. The highest BCUT2D eigenvalue weighted by Gasteiger charge is 2.14. The molecule has 5 heteroatoms. The van der Waals surface area contributed by atoms with Crippen molar-refractivity contribution in [3.05, 3.63) is 70.9 Å². The first-order valence-electron chi connectivity index (χ1n) is 7.79. The Kier molecular flexibility index (Phi) is 5.23. The van der Waals surface area contributed by atoms with Gasteiger partial charge in [-0.2, -0.15) is 0 Å². The molecular formula is C19H18FNO2S. The van der Waals surface area contributed by atoms with Gasteiger partial charge in [-0.1, -0.05) is 36.4 Å². The maximum atomic E-state index is 13.5. The van der Waals surface area contributed by atoms with Crippen LogP contribution in [0.25, 0.3) is 10.1 Å². The largest absolute Gasteiger partial charge is 0.387 e. The Labute approximate surface area is 143 Å². The van der Waals surface area contributed by atoms with Gasteiger partial charge in [0.25, 0.3) is 0 Å². The van der Waals surface area contributed by atoms with E-state index >= 15 is 0 Å². The zero-order valence-electron chi connectivity index (χ0n) is 13.0. The van der Waals surface area contributed by atoms with Crippen LogP contribution in [0.3, 0.4) is 0 Å². The molecule has 3 nitrogen and oxygen atoms in total. The number of carbonyl (C=O) groups excluding carboxylic acids is 1. The Hall–Kier alpha value is -2.24. The third-order valence-electron chi connectivity index (χ3n) is 3.94. The van der Waals surface area contributed by atoms with E-state index in [0.717, 1.165) is 15.6 Å². The lowest BCUT2D eigenvalue weighted by molar-refractivity contribution is -0.121. The molecular weight excluding hydrogens is 325 g/mol. The van der Waals surface area contributed by atoms with Crippen LogP contribution in [0, 0.1) is 5.82 Å².